The van der Waals surface area contributed by atoms with Crippen molar-refractivity contribution in [3.8, 4) is 11.8 Å². The van der Waals surface area contributed by atoms with Crippen molar-refractivity contribution in [1.82, 2.24) is 0 Å². The average Bonchev–Trinajstić information content (AvgIpc) is 2.46. The molecule has 0 heterocycles. The molecule has 0 saturated carbocycles. The fourth-order valence-corrected chi connectivity index (χ4v) is 2.05. The number of nitriles is 1. The van der Waals surface area contributed by atoms with Crippen LogP contribution in [0.25, 0.3) is 0 Å². The monoisotopic (exact) mass is 290 g/mol. The van der Waals surface area contributed by atoms with Crippen LogP contribution in [0, 0.1) is 17.1 Å². The number of ether oxygens (including phenoxy) is 1. The van der Waals surface area contributed by atoms with Gasteiger partial charge in [0, 0.05) is 22.7 Å². The van der Waals surface area contributed by atoms with Crippen molar-refractivity contribution in [3.05, 3.63) is 63.9 Å². The van der Waals surface area contributed by atoms with Crippen molar-refractivity contribution >= 4 is 11.6 Å². The van der Waals surface area contributed by atoms with E-state index in [1.807, 2.05) is 0 Å². The van der Waals surface area contributed by atoms with Gasteiger partial charge in [0.1, 0.15) is 24.2 Å². The summed E-state index contributed by atoms with van der Waals surface area (Å²) in [7, 11) is 0. The van der Waals surface area contributed by atoms with E-state index in [1.165, 1.54) is 6.07 Å². The Balaban J connectivity index is 2.22. The highest BCUT2D eigenvalue weighted by molar-refractivity contribution is 6.31. The smallest absolute Gasteiger partial charge is 0.147 e. The van der Waals surface area contributed by atoms with Crippen molar-refractivity contribution in [2.75, 3.05) is 0 Å². The standard InChI is InChI=1S/C15H12ClFN2O/c16-13-5-2-6-14(12(13)8-19)20-9-11-4-1-3-10(7-18)15(11)17/h1-6H,8-9,19H2. The minimum absolute atomic E-state index is 0.00348. The summed E-state index contributed by atoms with van der Waals surface area (Å²) >= 11 is 6.01. The lowest BCUT2D eigenvalue weighted by atomic mass is 10.1. The van der Waals surface area contributed by atoms with Gasteiger partial charge in [-0.3, -0.25) is 0 Å². The largest absolute Gasteiger partial charge is 0.488 e. The second kappa shape index (κ2) is 6.38. The molecule has 2 N–H and O–H groups in total. The van der Waals surface area contributed by atoms with Gasteiger partial charge in [-0.2, -0.15) is 5.26 Å². The molecule has 0 fully saturated rings. The maximum Gasteiger partial charge on any atom is 0.147 e. The maximum atomic E-state index is 13.9. The highest BCUT2D eigenvalue weighted by Gasteiger charge is 2.10. The molecule has 0 saturated heterocycles. The van der Waals surface area contributed by atoms with E-state index in [2.05, 4.69) is 0 Å². The minimum Gasteiger partial charge on any atom is -0.488 e. The summed E-state index contributed by atoms with van der Waals surface area (Å²) < 4.78 is 19.4. The Hall–Kier alpha value is -2.09. The molecule has 0 spiro atoms. The molecule has 0 unspecified atom stereocenters. The van der Waals surface area contributed by atoms with Crippen LogP contribution in [0.4, 0.5) is 4.39 Å². The Morgan fingerprint density at radius 3 is 2.70 bits per heavy atom. The second-order valence-corrected chi connectivity index (χ2v) is 4.51. The molecule has 0 aliphatic carbocycles. The number of benzene rings is 2. The van der Waals surface area contributed by atoms with Crippen molar-refractivity contribution in [2.45, 2.75) is 13.2 Å². The van der Waals surface area contributed by atoms with Gasteiger partial charge in [0.25, 0.3) is 0 Å². The van der Waals surface area contributed by atoms with Crippen LogP contribution in [0.1, 0.15) is 16.7 Å². The molecule has 2 aromatic carbocycles. The molecule has 3 nitrogen and oxygen atoms in total. The fraction of sp³-hybridized carbons (Fsp3) is 0.133. The average molecular weight is 291 g/mol. The van der Waals surface area contributed by atoms with E-state index in [1.54, 1.807) is 36.4 Å². The van der Waals surface area contributed by atoms with Gasteiger partial charge in [-0.05, 0) is 18.2 Å². The van der Waals surface area contributed by atoms with Crippen LogP contribution in [0.15, 0.2) is 36.4 Å². The summed E-state index contributed by atoms with van der Waals surface area (Å²) in [6.07, 6.45) is 0. The Morgan fingerprint density at radius 2 is 2.00 bits per heavy atom. The summed E-state index contributed by atoms with van der Waals surface area (Å²) in [6, 6.07) is 11.6. The van der Waals surface area contributed by atoms with Crippen LogP contribution in [0.5, 0.6) is 5.75 Å². The lowest BCUT2D eigenvalue weighted by molar-refractivity contribution is 0.296. The van der Waals surface area contributed by atoms with Crippen molar-refractivity contribution in [1.29, 1.82) is 5.26 Å². The Bertz CT molecular complexity index is 653. The van der Waals surface area contributed by atoms with E-state index < -0.39 is 5.82 Å². The predicted octanol–water partition coefficient (Wildman–Crippen LogP) is 3.39. The normalized spacial score (nSPS) is 10.1. The second-order valence-electron chi connectivity index (χ2n) is 4.10. The van der Waals surface area contributed by atoms with Crippen LogP contribution in [-0.2, 0) is 13.2 Å². The molecular formula is C15H12ClFN2O. The summed E-state index contributed by atoms with van der Waals surface area (Å²) in [6.45, 7) is 0.240. The molecule has 0 amide bonds. The molecule has 0 aliphatic heterocycles. The van der Waals surface area contributed by atoms with Crippen molar-refractivity contribution in [3.63, 3.8) is 0 Å². The summed E-state index contributed by atoms with van der Waals surface area (Å²) in [5.41, 5.74) is 6.60. The highest BCUT2D eigenvalue weighted by Crippen LogP contribution is 2.27. The first-order chi connectivity index (χ1) is 9.67. The van der Waals surface area contributed by atoms with E-state index >= 15 is 0 Å². The van der Waals surface area contributed by atoms with Crippen molar-refractivity contribution < 1.29 is 9.13 Å². The van der Waals surface area contributed by atoms with Crippen LogP contribution in [0.2, 0.25) is 5.02 Å². The van der Waals surface area contributed by atoms with Gasteiger partial charge in [0.05, 0.1) is 5.56 Å². The number of rotatable bonds is 4. The quantitative estimate of drug-likeness (QED) is 0.939. The zero-order valence-electron chi connectivity index (χ0n) is 10.6. The molecule has 0 atom stereocenters. The lowest BCUT2D eigenvalue weighted by Crippen LogP contribution is -2.05. The topological polar surface area (TPSA) is 59.0 Å². The van der Waals surface area contributed by atoms with Crippen molar-refractivity contribution in [2.24, 2.45) is 5.73 Å². The zero-order valence-corrected chi connectivity index (χ0v) is 11.3. The molecular weight excluding hydrogens is 279 g/mol. The summed E-state index contributed by atoms with van der Waals surface area (Å²) in [4.78, 5) is 0. The fourth-order valence-electron chi connectivity index (χ4n) is 1.81. The van der Waals surface area contributed by atoms with E-state index in [0.29, 0.717) is 21.9 Å². The van der Waals surface area contributed by atoms with Gasteiger partial charge in [-0.15, -0.1) is 0 Å². The van der Waals surface area contributed by atoms with Gasteiger partial charge in [-0.1, -0.05) is 29.8 Å². The summed E-state index contributed by atoms with van der Waals surface area (Å²) in [5.74, 6) is -0.0481. The highest BCUT2D eigenvalue weighted by atomic mass is 35.5. The van der Waals surface area contributed by atoms with Gasteiger partial charge >= 0.3 is 0 Å². The van der Waals surface area contributed by atoms with E-state index in [0.717, 1.165) is 0 Å². The first-order valence-corrected chi connectivity index (χ1v) is 6.33. The maximum absolute atomic E-state index is 13.9. The molecule has 2 rings (SSSR count). The number of hydrogen-bond acceptors (Lipinski definition) is 3. The molecule has 0 aromatic heterocycles. The molecule has 20 heavy (non-hydrogen) atoms. The number of halogens is 2. The Morgan fingerprint density at radius 1 is 1.25 bits per heavy atom. The Kier molecular flexibility index (Phi) is 4.57. The number of nitrogens with two attached hydrogens (primary N) is 1. The van der Waals surface area contributed by atoms with Crippen LogP contribution < -0.4 is 10.5 Å². The Labute approximate surface area is 121 Å². The van der Waals surface area contributed by atoms with Crippen LogP contribution in [0.3, 0.4) is 0 Å². The molecule has 2 aromatic rings. The third-order valence-corrected chi connectivity index (χ3v) is 3.22. The van der Waals surface area contributed by atoms with Gasteiger partial charge < -0.3 is 10.5 Å². The van der Waals surface area contributed by atoms with Gasteiger partial charge in [0.15, 0.2) is 0 Å². The first kappa shape index (κ1) is 14.3. The van der Waals surface area contributed by atoms with E-state index in [4.69, 9.17) is 27.3 Å². The zero-order chi connectivity index (χ0) is 14.5. The van der Waals surface area contributed by atoms with Crippen LogP contribution in [-0.4, -0.2) is 0 Å². The molecule has 0 radical (unpaired) electrons. The number of nitrogens with zero attached hydrogens (tertiary/aromatic N) is 1. The third kappa shape index (κ3) is 2.90. The third-order valence-electron chi connectivity index (χ3n) is 2.86. The minimum atomic E-state index is -0.564. The molecule has 0 aliphatic rings. The molecule has 102 valence electrons. The van der Waals surface area contributed by atoms with Crippen LogP contribution >= 0.6 is 11.6 Å². The van der Waals surface area contributed by atoms with E-state index in [9.17, 15) is 4.39 Å². The van der Waals surface area contributed by atoms with Gasteiger partial charge in [0.2, 0.25) is 0 Å². The number of hydrogen-bond donors (Lipinski definition) is 1. The first-order valence-electron chi connectivity index (χ1n) is 5.95. The SMILES string of the molecule is N#Cc1cccc(COc2cccc(Cl)c2CN)c1F. The molecule has 5 heteroatoms. The lowest BCUT2D eigenvalue weighted by Gasteiger charge is -2.12. The molecule has 0 bridgehead atoms. The van der Waals surface area contributed by atoms with Gasteiger partial charge in [-0.25, -0.2) is 4.39 Å². The van der Waals surface area contributed by atoms with E-state index in [-0.39, 0.29) is 18.7 Å². The summed E-state index contributed by atoms with van der Waals surface area (Å²) in [5, 5.41) is 9.29. The predicted molar refractivity (Wildman–Crippen MR) is 74.8 cm³/mol.